The van der Waals surface area contributed by atoms with Crippen molar-refractivity contribution in [2.24, 2.45) is 5.10 Å². The number of carbonyl (C=O) groups is 2. The molecule has 0 bridgehead atoms. The summed E-state index contributed by atoms with van der Waals surface area (Å²) < 4.78 is 19.4. The van der Waals surface area contributed by atoms with Gasteiger partial charge in [-0.05, 0) is 30.3 Å². The molecule has 0 atom stereocenters. The number of hydrazone groups is 1. The van der Waals surface area contributed by atoms with E-state index in [1.165, 1.54) is 19.4 Å². The highest BCUT2D eigenvalue weighted by Gasteiger charge is 2.11. The van der Waals surface area contributed by atoms with Crippen molar-refractivity contribution in [3.8, 4) is 0 Å². The Morgan fingerprint density at radius 2 is 1.96 bits per heavy atom. The molecule has 2 aromatic rings. The van der Waals surface area contributed by atoms with Crippen LogP contribution in [-0.2, 0) is 14.3 Å². The molecule has 0 aliphatic heterocycles. The number of hydrogen-bond acceptors (Lipinski definition) is 5. The van der Waals surface area contributed by atoms with Crippen LogP contribution in [0.25, 0.3) is 0 Å². The van der Waals surface area contributed by atoms with Crippen LogP contribution in [0, 0.1) is 5.82 Å². The summed E-state index contributed by atoms with van der Waals surface area (Å²) in [4.78, 5) is 23.2. The summed E-state index contributed by atoms with van der Waals surface area (Å²) in [6.07, 6.45) is 1.36. The predicted octanol–water partition coefficient (Wildman–Crippen LogP) is 2.54. The molecule has 0 unspecified atom stereocenters. The molecular formula is C18H18BrFN4O3. The molecule has 27 heavy (non-hydrogen) atoms. The summed E-state index contributed by atoms with van der Waals surface area (Å²) >= 11 is 3.35. The number of halogens is 2. The first-order valence-corrected chi connectivity index (χ1v) is 8.72. The van der Waals surface area contributed by atoms with Crippen molar-refractivity contribution in [2.75, 3.05) is 25.6 Å². The standard InChI is InChI=1S/C18H18BrFN4O3/c1-27-9-8-21-17(25)18(26)24-22-11-12-10-13(19)6-7-15(12)23-16-5-3-2-4-14(16)20/h2-7,10-11,23H,8-9H2,1H3,(H,21,25)(H,24,26)/b22-11-. The van der Waals surface area contributed by atoms with E-state index < -0.39 is 17.6 Å². The van der Waals surface area contributed by atoms with Gasteiger partial charge in [-0.25, -0.2) is 9.82 Å². The summed E-state index contributed by atoms with van der Waals surface area (Å²) in [6, 6.07) is 11.5. The molecule has 0 saturated heterocycles. The number of rotatable bonds is 7. The third kappa shape index (κ3) is 6.46. The topological polar surface area (TPSA) is 91.8 Å². The Labute approximate surface area is 164 Å². The molecule has 2 amide bonds. The average Bonchev–Trinajstić information content (AvgIpc) is 2.65. The fourth-order valence-electron chi connectivity index (χ4n) is 2.02. The number of anilines is 2. The Kier molecular flexibility index (Phi) is 7.90. The number of carbonyl (C=O) groups excluding carboxylic acids is 2. The number of nitrogens with one attached hydrogen (secondary N) is 3. The number of nitrogens with zero attached hydrogens (tertiary/aromatic N) is 1. The van der Waals surface area contributed by atoms with Crippen molar-refractivity contribution in [1.82, 2.24) is 10.7 Å². The largest absolute Gasteiger partial charge is 0.383 e. The maximum atomic E-state index is 13.8. The van der Waals surface area contributed by atoms with Crippen LogP contribution >= 0.6 is 15.9 Å². The predicted molar refractivity (Wildman–Crippen MR) is 104 cm³/mol. The fourth-order valence-corrected chi connectivity index (χ4v) is 2.40. The van der Waals surface area contributed by atoms with E-state index in [1.54, 1.807) is 36.4 Å². The van der Waals surface area contributed by atoms with Crippen LogP contribution in [0.15, 0.2) is 52.0 Å². The quantitative estimate of drug-likeness (QED) is 0.269. The lowest BCUT2D eigenvalue weighted by Crippen LogP contribution is -2.39. The summed E-state index contributed by atoms with van der Waals surface area (Å²) in [6.45, 7) is 0.514. The van der Waals surface area contributed by atoms with Crippen molar-refractivity contribution in [1.29, 1.82) is 0 Å². The zero-order chi connectivity index (χ0) is 19.6. The van der Waals surface area contributed by atoms with Gasteiger partial charge in [-0.3, -0.25) is 9.59 Å². The average molecular weight is 437 g/mol. The summed E-state index contributed by atoms with van der Waals surface area (Å²) in [5.74, 6) is -2.12. The highest BCUT2D eigenvalue weighted by molar-refractivity contribution is 9.10. The van der Waals surface area contributed by atoms with Gasteiger partial charge < -0.3 is 15.4 Å². The summed E-state index contributed by atoms with van der Waals surface area (Å²) in [7, 11) is 1.49. The highest BCUT2D eigenvalue weighted by Crippen LogP contribution is 2.24. The van der Waals surface area contributed by atoms with Crippen LogP contribution in [0.5, 0.6) is 0 Å². The van der Waals surface area contributed by atoms with Crippen molar-refractivity contribution < 1.29 is 18.7 Å². The lowest BCUT2D eigenvalue weighted by molar-refractivity contribution is -0.139. The van der Waals surface area contributed by atoms with Gasteiger partial charge in [-0.15, -0.1) is 0 Å². The molecule has 0 fully saturated rings. The molecule has 3 N–H and O–H groups in total. The van der Waals surface area contributed by atoms with E-state index in [0.29, 0.717) is 23.5 Å². The Hall–Kier alpha value is -2.78. The van der Waals surface area contributed by atoms with Gasteiger partial charge in [0.15, 0.2) is 0 Å². The first-order chi connectivity index (χ1) is 13.0. The maximum absolute atomic E-state index is 13.8. The van der Waals surface area contributed by atoms with E-state index >= 15 is 0 Å². The molecule has 7 nitrogen and oxygen atoms in total. The van der Waals surface area contributed by atoms with Gasteiger partial charge in [0.2, 0.25) is 0 Å². The normalized spacial score (nSPS) is 10.6. The zero-order valence-electron chi connectivity index (χ0n) is 14.5. The number of ether oxygens (including phenoxy) is 1. The van der Waals surface area contributed by atoms with Crippen molar-refractivity contribution >= 4 is 45.3 Å². The van der Waals surface area contributed by atoms with Gasteiger partial charge in [0, 0.05) is 29.4 Å². The molecule has 0 saturated carbocycles. The van der Waals surface area contributed by atoms with Crippen LogP contribution in [-0.4, -0.2) is 38.3 Å². The van der Waals surface area contributed by atoms with Crippen molar-refractivity contribution in [2.45, 2.75) is 0 Å². The molecule has 2 aromatic carbocycles. The van der Waals surface area contributed by atoms with Gasteiger partial charge in [0.05, 0.1) is 18.5 Å². The molecular weight excluding hydrogens is 419 g/mol. The molecule has 0 heterocycles. The molecule has 9 heteroatoms. The molecule has 142 valence electrons. The van der Waals surface area contributed by atoms with E-state index in [-0.39, 0.29) is 6.54 Å². The third-order valence-electron chi connectivity index (χ3n) is 3.32. The van der Waals surface area contributed by atoms with Gasteiger partial charge in [0.1, 0.15) is 5.82 Å². The monoisotopic (exact) mass is 436 g/mol. The second kappa shape index (κ2) is 10.4. The lowest BCUT2D eigenvalue weighted by Gasteiger charge is -2.11. The second-order valence-corrected chi connectivity index (χ2v) is 6.20. The number of hydrogen-bond donors (Lipinski definition) is 3. The summed E-state index contributed by atoms with van der Waals surface area (Å²) in [5.41, 5.74) is 3.59. The third-order valence-corrected chi connectivity index (χ3v) is 3.82. The smallest absolute Gasteiger partial charge is 0.329 e. The highest BCUT2D eigenvalue weighted by atomic mass is 79.9. The molecule has 0 aliphatic rings. The van der Waals surface area contributed by atoms with E-state index in [4.69, 9.17) is 4.74 Å². The van der Waals surface area contributed by atoms with Crippen molar-refractivity contribution in [3.63, 3.8) is 0 Å². The molecule has 0 radical (unpaired) electrons. The maximum Gasteiger partial charge on any atom is 0.329 e. The Bertz CT molecular complexity index is 845. The number of para-hydroxylation sites is 1. The van der Waals surface area contributed by atoms with Crippen LogP contribution < -0.4 is 16.1 Å². The second-order valence-electron chi connectivity index (χ2n) is 5.28. The molecule has 0 aromatic heterocycles. The van der Waals surface area contributed by atoms with Crippen LogP contribution in [0.4, 0.5) is 15.8 Å². The van der Waals surface area contributed by atoms with E-state index in [0.717, 1.165) is 4.47 Å². The number of methoxy groups -OCH3 is 1. The van der Waals surface area contributed by atoms with E-state index in [9.17, 15) is 14.0 Å². The minimum Gasteiger partial charge on any atom is -0.383 e. The first kappa shape index (κ1) is 20.5. The van der Waals surface area contributed by atoms with Crippen LogP contribution in [0.1, 0.15) is 5.56 Å². The Balaban J connectivity index is 2.06. The van der Waals surface area contributed by atoms with Crippen LogP contribution in [0.2, 0.25) is 0 Å². The molecule has 0 aliphatic carbocycles. The minimum atomic E-state index is -0.902. The van der Waals surface area contributed by atoms with E-state index in [1.807, 2.05) is 0 Å². The van der Waals surface area contributed by atoms with Gasteiger partial charge >= 0.3 is 11.8 Å². The zero-order valence-corrected chi connectivity index (χ0v) is 16.0. The van der Waals surface area contributed by atoms with Crippen LogP contribution in [0.3, 0.4) is 0 Å². The number of benzene rings is 2. The molecule has 0 spiro atoms. The van der Waals surface area contributed by atoms with Gasteiger partial charge in [-0.2, -0.15) is 5.10 Å². The Morgan fingerprint density at radius 1 is 1.19 bits per heavy atom. The lowest BCUT2D eigenvalue weighted by atomic mass is 10.2. The van der Waals surface area contributed by atoms with E-state index in [2.05, 4.69) is 37.1 Å². The van der Waals surface area contributed by atoms with Gasteiger partial charge in [0.25, 0.3) is 0 Å². The summed E-state index contributed by atoms with van der Waals surface area (Å²) in [5, 5.41) is 9.14. The molecule has 2 rings (SSSR count). The SMILES string of the molecule is COCCNC(=O)C(=O)N/N=C\c1cc(Br)ccc1Nc1ccccc1F. The number of amides is 2. The first-order valence-electron chi connectivity index (χ1n) is 7.92. The fraction of sp³-hybridized carbons (Fsp3) is 0.167. The van der Waals surface area contributed by atoms with Gasteiger partial charge in [-0.1, -0.05) is 28.1 Å². The van der Waals surface area contributed by atoms with Crippen molar-refractivity contribution in [3.05, 3.63) is 58.3 Å². The minimum absolute atomic E-state index is 0.217. The Morgan fingerprint density at radius 3 is 2.70 bits per heavy atom.